The van der Waals surface area contributed by atoms with Gasteiger partial charge in [-0.05, 0) is 27.7 Å². The summed E-state index contributed by atoms with van der Waals surface area (Å²) >= 11 is 5.40. The lowest BCUT2D eigenvalue weighted by Gasteiger charge is -2.27. The molecule has 0 aliphatic carbocycles. The molecule has 0 aromatic rings. The zero-order chi connectivity index (χ0) is 12.2. The third kappa shape index (κ3) is 5.02. The minimum Gasteiger partial charge on any atom is -0.444 e. The van der Waals surface area contributed by atoms with Crippen molar-refractivity contribution in [3.05, 3.63) is 0 Å². The number of alkyl halides is 1. The van der Waals surface area contributed by atoms with Gasteiger partial charge in [0.25, 0.3) is 0 Å². The second kappa shape index (κ2) is 5.35. The molecule has 1 unspecified atom stereocenters. The molecule has 15 heavy (non-hydrogen) atoms. The number of halogens is 1. The summed E-state index contributed by atoms with van der Waals surface area (Å²) in [4.78, 5) is 24.0. The van der Waals surface area contributed by atoms with Crippen LogP contribution in [0.2, 0.25) is 0 Å². The van der Waals surface area contributed by atoms with Crippen molar-refractivity contribution in [3.8, 4) is 0 Å². The lowest BCUT2D eigenvalue weighted by Crippen LogP contribution is -2.43. The highest BCUT2D eigenvalue weighted by atomic mass is 35.5. The van der Waals surface area contributed by atoms with Gasteiger partial charge in [0.2, 0.25) is 0 Å². The van der Waals surface area contributed by atoms with Crippen LogP contribution in [0.25, 0.3) is 0 Å². The SMILES string of the molecule is CC(C(=O)CCl)N(C)C(=O)OC(C)(C)C. The average molecular weight is 236 g/mol. The molecular weight excluding hydrogens is 218 g/mol. The largest absolute Gasteiger partial charge is 0.444 e. The summed E-state index contributed by atoms with van der Waals surface area (Å²) in [6, 6.07) is -0.558. The normalized spacial score (nSPS) is 13.2. The Kier molecular flexibility index (Phi) is 5.08. The summed E-state index contributed by atoms with van der Waals surface area (Å²) in [5, 5.41) is 0. The zero-order valence-corrected chi connectivity index (χ0v) is 10.6. The molecule has 0 aromatic heterocycles. The predicted molar refractivity (Wildman–Crippen MR) is 59.2 cm³/mol. The van der Waals surface area contributed by atoms with Gasteiger partial charge in [0.05, 0.1) is 11.9 Å². The van der Waals surface area contributed by atoms with Crippen molar-refractivity contribution in [2.75, 3.05) is 12.9 Å². The molecule has 0 rings (SSSR count). The average Bonchev–Trinajstić information content (AvgIpc) is 2.11. The van der Waals surface area contributed by atoms with Crippen molar-refractivity contribution >= 4 is 23.5 Å². The summed E-state index contributed by atoms with van der Waals surface area (Å²) in [7, 11) is 1.52. The van der Waals surface area contributed by atoms with Gasteiger partial charge in [-0.1, -0.05) is 0 Å². The van der Waals surface area contributed by atoms with Gasteiger partial charge in [-0.3, -0.25) is 4.79 Å². The monoisotopic (exact) mass is 235 g/mol. The van der Waals surface area contributed by atoms with Gasteiger partial charge < -0.3 is 9.64 Å². The fourth-order valence-corrected chi connectivity index (χ4v) is 1.04. The summed E-state index contributed by atoms with van der Waals surface area (Å²) < 4.78 is 5.11. The van der Waals surface area contributed by atoms with Crippen molar-refractivity contribution in [1.29, 1.82) is 0 Å². The highest BCUT2D eigenvalue weighted by Gasteiger charge is 2.26. The van der Waals surface area contributed by atoms with E-state index in [1.54, 1.807) is 27.7 Å². The number of ketones is 1. The number of carbonyl (C=O) groups is 2. The first-order valence-corrected chi connectivity index (χ1v) is 5.27. The Morgan fingerprint density at radius 3 is 2.20 bits per heavy atom. The van der Waals surface area contributed by atoms with Crippen LogP contribution in [0.15, 0.2) is 0 Å². The minimum absolute atomic E-state index is 0.103. The van der Waals surface area contributed by atoms with Crippen LogP contribution in [0.3, 0.4) is 0 Å². The highest BCUT2D eigenvalue weighted by molar-refractivity contribution is 6.28. The van der Waals surface area contributed by atoms with Gasteiger partial charge in [-0.15, -0.1) is 11.6 Å². The van der Waals surface area contributed by atoms with E-state index in [0.717, 1.165) is 0 Å². The quantitative estimate of drug-likeness (QED) is 0.704. The molecule has 0 aromatic carbocycles. The van der Waals surface area contributed by atoms with Gasteiger partial charge in [0.15, 0.2) is 5.78 Å². The van der Waals surface area contributed by atoms with E-state index < -0.39 is 17.7 Å². The number of rotatable bonds is 3. The molecule has 0 N–H and O–H groups in total. The van der Waals surface area contributed by atoms with E-state index >= 15 is 0 Å². The van der Waals surface area contributed by atoms with Crippen molar-refractivity contribution in [3.63, 3.8) is 0 Å². The van der Waals surface area contributed by atoms with Gasteiger partial charge in [-0.2, -0.15) is 0 Å². The number of hydrogen-bond acceptors (Lipinski definition) is 3. The standard InChI is InChI=1S/C10H18ClNO3/c1-7(8(13)6-11)12(5)9(14)15-10(2,3)4/h7H,6H2,1-5H3. The molecule has 1 amide bonds. The Morgan fingerprint density at radius 1 is 1.40 bits per heavy atom. The minimum atomic E-state index is -0.560. The summed E-state index contributed by atoms with van der Waals surface area (Å²) in [6.07, 6.45) is -0.520. The molecule has 0 fully saturated rings. The topological polar surface area (TPSA) is 46.6 Å². The van der Waals surface area contributed by atoms with Crippen LogP contribution in [0, 0.1) is 0 Å². The second-order valence-electron chi connectivity index (χ2n) is 4.37. The number of hydrogen-bond donors (Lipinski definition) is 0. The van der Waals surface area contributed by atoms with Gasteiger partial charge in [-0.25, -0.2) is 4.79 Å². The van der Waals surface area contributed by atoms with E-state index in [1.807, 2.05) is 0 Å². The van der Waals surface area contributed by atoms with Crippen LogP contribution in [-0.2, 0) is 9.53 Å². The fourth-order valence-electron chi connectivity index (χ4n) is 0.820. The van der Waals surface area contributed by atoms with E-state index in [1.165, 1.54) is 11.9 Å². The van der Waals surface area contributed by atoms with Gasteiger partial charge in [0.1, 0.15) is 5.60 Å². The van der Waals surface area contributed by atoms with Crippen molar-refractivity contribution in [2.45, 2.75) is 39.3 Å². The number of ether oxygens (including phenoxy) is 1. The van der Waals surface area contributed by atoms with Crippen LogP contribution in [-0.4, -0.2) is 41.3 Å². The lowest BCUT2D eigenvalue weighted by atomic mass is 10.2. The molecular formula is C10H18ClNO3. The molecule has 4 nitrogen and oxygen atoms in total. The number of amides is 1. The predicted octanol–water partition coefficient (Wildman–Crippen LogP) is 2.05. The van der Waals surface area contributed by atoms with Crippen molar-refractivity contribution < 1.29 is 14.3 Å². The molecule has 1 atom stereocenters. The maximum absolute atomic E-state index is 11.5. The maximum atomic E-state index is 11.5. The van der Waals surface area contributed by atoms with Crippen molar-refractivity contribution in [1.82, 2.24) is 4.90 Å². The van der Waals surface area contributed by atoms with Crippen LogP contribution in [0.5, 0.6) is 0 Å². The number of nitrogens with zero attached hydrogens (tertiary/aromatic N) is 1. The lowest BCUT2D eigenvalue weighted by molar-refractivity contribution is -0.120. The van der Waals surface area contributed by atoms with E-state index in [-0.39, 0.29) is 11.7 Å². The molecule has 0 heterocycles. The fraction of sp³-hybridized carbons (Fsp3) is 0.800. The Bertz CT molecular complexity index is 248. The number of likely N-dealkylation sites (N-methyl/N-ethyl adjacent to an activating group) is 1. The van der Waals surface area contributed by atoms with Crippen molar-refractivity contribution in [2.24, 2.45) is 0 Å². The van der Waals surface area contributed by atoms with Crippen LogP contribution in [0.1, 0.15) is 27.7 Å². The first-order chi connectivity index (χ1) is 6.69. The Balaban J connectivity index is 4.39. The van der Waals surface area contributed by atoms with Gasteiger partial charge >= 0.3 is 6.09 Å². The smallest absolute Gasteiger partial charge is 0.410 e. The highest BCUT2D eigenvalue weighted by Crippen LogP contribution is 2.11. The molecule has 88 valence electrons. The zero-order valence-electron chi connectivity index (χ0n) is 9.83. The van der Waals surface area contributed by atoms with Gasteiger partial charge in [0, 0.05) is 7.05 Å². The first kappa shape index (κ1) is 14.2. The summed E-state index contributed by atoms with van der Waals surface area (Å²) in [5.41, 5.74) is -0.560. The molecule has 0 saturated heterocycles. The van der Waals surface area contributed by atoms with Crippen LogP contribution >= 0.6 is 11.6 Å². The van der Waals surface area contributed by atoms with E-state index in [0.29, 0.717) is 0 Å². The molecule has 5 heteroatoms. The molecule has 0 aliphatic rings. The summed E-state index contributed by atoms with van der Waals surface area (Å²) in [6.45, 7) is 6.93. The number of carbonyl (C=O) groups excluding carboxylic acids is 2. The van der Waals surface area contributed by atoms with Crippen LogP contribution in [0.4, 0.5) is 4.79 Å². The third-order valence-electron chi connectivity index (χ3n) is 1.86. The molecule has 0 saturated carbocycles. The maximum Gasteiger partial charge on any atom is 0.410 e. The molecule has 0 radical (unpaired) electrons. The molecule has 0 aliphatic heterocycles. The Labute approximate surface area is 95.5 Å². The molecule has 0 spiro atoms. The van der Waals surface area contributed by atoms with E-state index in [9.17, 15) is 9.59 Å². The van der Waals surface area contributed by atoms with Crippen LogP contribution < -0.4 is 0 Å². The second-order valence-corrected chi connectivity index (χ2v) is 4.63. The Hall–Kier alpha value is -0.770. The van der Waals surface area contributed by atoms with E-state index in [2.05, 4.69) is 0 Å². The Morgan fingerprint density at radius 2 is 1.87 bits per heavy atom. The third-order valence-corrected chi connectivity index (χ3v) is 2.12. The summed E-state index contributed by atoms with van der Waals surface area (Å²) in [5.74, 6) is -0.307. The first-order valence-electron chi connectivity index (χ1n) is 4.73. The molecule has 0 bridgehead atoms. The van der Waals surface area contributed by atoms with E-state index in [4.69, 9.17) is 16.3 Å². The number of Topliss-reactive ketones (excluding diaryl/α,β-unsaturated/α-hetero) is 1.